The number of hydrogen-bond donors (Lipinski definition) is 1. The van der Waals surface area contributed by atoms with Crippen molar-refractivity contribution >= 4 is 40.2 Å². The van der Waals surface area contributed by atoms with E-state index in [1.807, 2.05) is 18.2 Å². The van der Waals surface area contributed by atoms with Gasteiger partial charge in [0.15, 0.2) is 0 Å². The molecule has 0 aliphatic heterocycles. The number of amides is 1. The van der Waals surface area contributed by atoms with Crippen LogP contribution in [-0.2, 0) is 6.61 Å². The van der Waals surface area contributed by atoms with Crippen LogP contribution in [-0.4, -0.2) is 38.6 Å². The standard InChI is InChI=1S/C40H34ClFN4O4/c1-45(30-17-19-43-20-18-30)39(47)26-9-14-33(25-7-11-29(41)12-8-25)28(21-26)24-50-32-13-15-34(35(42)23-32)38-44-36-22-27(40(48)49)10-16-37(36)46(38)31-5-3-2-4-6-31/h7-23,31H,2-6,24H2,1H3,(H,48,49). The second kappa shape index (κ2) is 14.1. The van der Waals surface area contributed by atoms with E-state index in [1.54, 1.807) is 91.1 Å². The van der Waals surface area contributed by atoms with Gasteiger partial charge in [0.05, 0.1) is 22.2 Å². The maximum atomic E-state index is 16.1. The number of halogens is 2. The van der Waals surface area contributed by atoms with E-state index in [2.05, 4.69) is 9.55 Å². The Kier molecular flexibility index (Phi) is 9.32. The molecule has 50 heavy (non-hydrogen) atoms. The monoisotopic (exact) mass is 688 g/mol. The molecule has 6 aromatic rings. The molecule has 1 amide bonds. The summed E-state index contributed by atoms with van der Waals surface area (Å²) in [6.45, 7) is 0.0649. The van der Waals surface area contributed by atoms with Crippen LogP contribution in [0.25, 0.3) is 33.5 Å². The summed E-state index contributed by atoms with van der Waals surface area (Å²) >= 11 is 6.16. The molecule has 0 unspecified atom stereocenters. The zero-order valence-electron chi connectivity index (χ0n) is 27.4. The van der Waals surface area contributed by atoms with Gasteiger partial charge in [0.25, 0.3) is 5.91 Å². The number of fused-ring (bicyclic) bond motifs is 1. The number of ether oxygens (including phenoxy) is 1. The summed E-state index contributed by atoms with van der Waals surface area (Å²) in [6.07, 6.45) is 8.44. The number of carboxylic acid groups (broad SMARTS) is 1. The van der Waals surface area contributed by atoms with E-state index in [-0.39, 0.29) is 24.1 Å². The van der Waals surface area contributed by atoms with Crippen molar-refractivity contribution in [3.05, 3.63) is 131 Å². The van der Waals surface area contributed by atoms with Crippen molar-refractivity contribution in [2.45, 2.75) is 44.8 Å². The summed E-state index contributed by atoms with van der Waals surface area (Å²) in [5.74, 6) is -0.968. The average Bonchev–Trinajstić information content (AvgIpc) is 3.53. The summed E-state index contributed by atoms with van der Waals surface area (Å²) in [7, 11) is 1.71. The molecule has 2 aromatic heterocycles. The molecule has 2 heterocycles. The van der Waals surface area contributed by atoms with Gasteiger partial charge in [-0.2, -0.15) is 0 Å². The fraction of sp³-hybridized carbons (Fsp3) is 0.200. The Morgan fingerprint density at radius 2 is 1.62 bits per heavy atom. The van der Waals surface area contributed by atoms with Gasteiger partial charge >= 0.3 is 5.97 Å². The number of aromatic nitrogens is 3. The van der Waals surface area contributed by atoms with Crippen molar-refractivity contribution < 1.29 is 23.8 Å². The smallest absolute Gasteiger partial charge is 0.335 e. The third kappa shape index (κ3) is 6.69. The summed E-state index contributed by atoms with van der Waals surface area (Å²) in [6, 6.07) is 26.1. The first-order chi connectivity index (χ1) is 24.3. The predicted molar refractivity (Wildman–Crippen MR) is 192 cm³/mol. The molecule has 4 aromatic carbocycles. The SMILES string of the molecule is CN(C(=O)c1ccc(-c2ccc(Cl)cc2)c(COc2ccc(-c3nc4cc(C(=O)O)ccc4n3C3CCCCC3)c(F)c2)c1)c1ccncc1. The Morgan fingerprint density at radius 1 is 0.900 bits per heavy atom. The Bertz CT molecular complexity index is 2200. The lowest BCUT2D eigenvalue weighted by atomic mass is 9.94. The molecule has 10 heteroatoms. The zero-order chi connectivity index (χ0) is 34.8. The molecule has 1 saturated carbocycles. The summed E-state index contributed by atoms with van der Waals surface area (Å²) in [5, 5.41) is 10.2. The van der Waals surface area contributed by atoms with Gasteiger partial charge < -0.3 is 19.3 Å². The van der Waals surface area contributed by atoms with E-state index >= 15 is 4.39 Å². The lowest BCUT2D eigenvalue weighted by Gasteiger charge is -2.25. The lowest BCUT2D eigenvalue weighted by Crippen LogP contribution is -2.26. The second-order valence-corrected chi connectivity index (χ2v) is 12.9. The molecule has 0 radical (unpaired) electrons. The molecule has 1 aliphatic carbocycles. The number of carbonyl (C=O) groups is 2. The van der Waals surface area contributed by atoms with Crippen molar-refractivity contribution in [2.75, 3.05) is 11.9 Å². The van der Waals surface area contributed by atoms with Crippen LogP contribution < -0.4 is 9.64 Å². The highest BCUT2D eigenvalue weighted by molar-refractivity contribution is 6.30. The van der Waals surface area contributed by atoms with E-state index in [9.17, 15) is 14.7 Å². The van der Waals surface area contributed by atoms with Crippen molar-refractivity contribution in [1.82, 2.24) is 14.5 Å². The molecule has 1 fully saturated rings. The first kappa shape index (κ1) is 33.0. The number of rotatable bonds is 9. The Morgan fingerprint density at radius 3 is 2.34 bits per heavy atom. The largest absolute Gasteiger partial charge is 0.489 e. The average molecular weight is 689 g/mol. The number of carboxylic acids is 1. The van der Waals surface area contributed by atoms with Crippen LogP contribution in [0.2, 0.25) is 5.02 Å². The molecule has 0 atom stereocenters. The van der Waals surface area contributed by atoms with Crippen LogP contribution in [0.3, 0.4) is 0 Å². The molecule has 0 saturated heterocycles. The minimum Gasteiger partial charge on any atom is -0.489 e. The molecule has 252 valence electrons. The number of carbonyl (C=O) groups excluding carboxylic acids is 1. The number of anilines is 1. The van der Waals surface area contributed by atoms with Crippen LogP contribution in [0.5, 0.6) is 5.75 Å². The summed E-state index contributed by atoms with van der Waals surface area (Å²) in [4.78, 5) is 35.5. The van der Waals surface area contributed by atoms with Crippen LogP contribution in [0, 0.1) is 5.82 Å². The Balaban J connectivity index is 1.20. The van der Waals surface area contributed by atoms with E-state index < -0.39 is 11.8 Å². The second-order valence-electron chi connectivity index (χ2n) is 12.5. The van der Waals surface area contributed by atoms with E-state index in [4.69, 9.17) is 21.3 Å². The predicted octanol–water partition coefficient (Wildman–Crippen LogP) is 9.62. The molecule has 0 bridgehead atoms. The molecule has 1 N–H and O–H groups in total. The van der Waals surface area contributed by atoms with E-state index in [0.717, 1.165) is 54.3 Å². The first-order valence-corrected chi connectivity index (χ1v) is 16.9. The fourth-order valence-corrected chi connectivity index (χ4v) is 6.82. The van der Waals surface area contributed by atoms with Gasteiger partial charge in [0.1, 0.15) is 24.0 Å². The van der Waals surface area contributed by atoms with Crippen LogP contribution in [0.4, 0.5) is 10.1 Å². The minimum atomic E-state index is -1.04. The van der Waals surface area contributed by atoms with Gasteiger partial charge in [0.2, 0.25) is 0 Å². The van der Waals surface area contributed by atoms with Crippen molar-refractivity contribution in [3.8, 4) is 28.3 Å². The number of benzene rings is 4. The Hall–Kier alpha value is -5.54. The highest BCUT2D eigenvalue weighted by atomic mass is 35.5. The van der Waals surface area contributed by atoms with Gasteiger partial charge in [-0.25, -0.2) is 14.2 Å². The number of aromatic carboxylic acids is 1. The van der Waals surface area contributed by atoms with Gasteiger partial charge in [-0.1, -0.05) is 49.1 Å². The summed E-state index contributed by atoms with van der Waals surface area (Å²) < 4.78 is 24.3. The number of imidazole rings is 1. The van der Waals surface area contributed by atoms with E-state index in [0.29, 0.717) is 38.9 Å². The van der Waals surface area contributed by atoms with Gasteiger partial charge in [-0.05, 0) is 96.3 Å². The topological polar surface area (TPSA) is 97.5 Å². The third-order valence-electron chi connectivity index (χ3n) is 9.31. The van der Waals surface area contributed by atoms with Crippen LogP contribution in [0.15, 0.2) is 103 Å². The first-order valence-electron chi connectivity index (χ1n) is 16.5. The third-order valence-corrected chi connectivity index (χ3v) is 9.57. The molecular weight excluding hydrogens is 655 g/mol. The number of nitrogens with zero attached hydrogens (tertiary/aromatic N) is 4. The summed E-state index contributed by atoms with van der Waals surface area (Å²) in [5.41, 5.74) is 5.40. The molecular formula is C40H34ClFN4O4. The maximum Gasteiger partial charge on any atom is 0.335 e. The highest BCUT2D eigenvalue weighted by Crippen LogP contribution is 2.38. The molecule has 1 aliphatic rings. The van der Waals surface area contributed by atoms with Crippen LogP contribution >= 0.6 is 11.6 Å². The van der Waals surface area contributed by atoms with Gasteiger partial charge in [0, 0.05) is 47.8 Å². The molecule has 8 nitrogen and oxygen atoms in total. The quantitative estimate of drug-likeness (QED) is 0.162. The van der Waals surface area contributed by atoms with E-state index in [1.165, 1.54) is 6.07 Å². The number of pyridine rings is 1. The number of hydrogen-bond acceptors (Lipinski definition) is 5. The van der Waals surface area contributed by atoms with Gasteiger partial charge in [-0.15, -0.1) is 0 Å². The highest BCUT2D eigenvalue weighted by Gasteiger charge is 2.25. The normalized spacial score (nSPS) is 13.3. The van der Waals surface area contributed by atoms with Crippen LogP contribution in [0.1, 0.15) is 64.4 Å². The molecule has 7 rings (SSSR count). The maximum absolute atomic E-state index is 16.1. The van der Waals surface area contributed by atoms with Crippen molar-refractivity contribution in [3.63, 3.8) is 0 Å². The van der Waals surface area contributed by atoms with Gasteiger partial charge in [-0.3, -0.25) is 9.78 Å². The molecule has 0 spiro atoms. The fourth-order valence-electron chi connectivity index (χ4n) is 6.69. The zero-order valence-corrected chi connectivity index (χ0v) is 28.1. The van der Waals surface area contributed by atoms with Crippen molar-refractivity contribution in [1.29, 1.82) is 0 Å². The van der Waals surface area contributed by atoms with Crippen molar-refractivity contribution in [2.24, 2.45) is 0 Å². The lowest BCUT2D eigenvalue weighted by molar-refractivity contribution is 0.0696. The Labute approximate surface area is 293 Å². The minimum absolute atomic E-state index is 0.0649.